The van der Waals surface area contributed by atoms with Gasteiger partial charge in [0.15, 0.2) is 0 Å². The van der Waals surface area contributed by atoms with E-state index >= 15 is 0 Å². The summed E-state index contributed by atoms with van der Waals surface area (Å²) in [6, 6.07) is 7.19. The lowest BCUT2D eigenvalue weighted by Crippen LogP contribution is -2.29. The first-order valence-electron chi connectivity index (χ1n) is 4.72. The lowest BCUT2D eigenvalue weighted by molar-refractivity contribution is 0.639. The van der Waals surface area contributed by atoms with Crippen molar-refractivity contribution >= 4 is 17.4 Å². The number of halogens is 1. The van der Waals surface area contributed by atoms with Crippen molar-refractivity contribution < 1.29 is 0 Å². The Morgan fingerprint density at radius 2 is 2.25 bits per heavy atom. The molecule has 1 aromatic carbocycles. The zero-order valence-electron chi connectivity index (χ0n) is 8.44. The van der Waals surface area contributed by atoms with Crippen molar-refractivity contribution in [2.24, 2.45) is 5.84 Å². The first kappa shape index (κ1) is 10.9. The van der Waals surface area contributed by atoms with Crippen LogP contribution >= 0.6 is 11.6 Å². The summed E-state index contributed by atoms with van der Waals surface area (Å²) in [5.74, 6) is 6.01. The molecular formula is C10H12ClN5. The van der Waals surface area contributed by atoms with E-state index in [1.165, 1.54) is 0 Å². The maximum Gasteiger partial charge on any atom is 0.124 e. The molecule has 0 aliphatic heterocycles. The van der Waals surface area contributed by atoms with Gasteiger partial charge in [0.25, 0.3) is 0 Å². The minimum Gasteiger partial charge on any atom is -0.384 e. The van der Waals surface area contributed by atoms with Crippen LogP contribution in [0.15, 0.2) is 30.5 Å². The van der Waals surface area contributed by atoms with E-state index < -0.39 is 0 Å². The van der Waals surface area contributed by atoms with Crippen LogP contribution in [0.3, 0.4) is 0 Å². The fourth-order valence-electron chi connectivity index (χ4n) is 1.59. The van der Waals surface area contributed by atoms with Crippen LogP contribution in [0.4, 0.5) is 5.82 Å². The highest BCUT2D eigenvalue weighted by Crippen LogP contribution is 2.26. The van der Waals surface area contributed by atoms with E-state index in [-0.39, 0.29) is 6.04 Å². The predicted octanol–water partition coefficient (Wildman–Crippen LogP) is 1.20. The largest absolute Gasteiger partial charge is 0.384 e. The summed E-state index contributed by atoms with van der Waals surface area (Å²) < 4.78 is 0. The molecule has 0 fully saturated rings. The molecule has 0 saturated carbocycles. The van der Waals surface area contributed by atoms with Gasteiger partial charge in [-0.1, -0.05) is 23.7 Å². The molecule has 6 heteroatoms. The number of nitrogens with one attached hydrogen (secondary N) is 2. The summed E-state index contributed by atoms with van der Waals surface area (Å²) in [4.78, 5) is 0. The Hall–Kier alpha value is -1.56. The highest BCUT2D eigenvalue weighted by Gasteiger charge is 2.16. The Kier molecular flexibility index (Phi) is 3.09. The highest BCUT2D eigenvalue weighted by molar-refractivity contribution is 6.30. The molecule has 0 aliphatic carbocycles. The van der Waals surface area contributed by atoms with Crippen LogP contribution in [0.2, 0.25) is 5.02 Å². The molecule has 16 heavy (non-hydrogen) atoms. The minimum absolute atomic E-state index is 0.225. The third-order valence-corrected chi connectivity index (χ3v) is 2.59. The van der Waals surface area contributed by atoms with Gasteiger partial charge in [-0.3, -0.25) is 10.9 Å². The van der Waals surface area contributed by atoms with Crippen LogP contribution in [0.25, 0.3) is 0 Å². The lowest BCUT2D eigenvalue weighted by Gasteiger charge is -2.15. The molecule has 1 unspecified atom stereocenters. The SMILES string of the molecule is NNC(c1cccc(Cl)c1)c1cn[nH]c1N. The van der Waals surface area contributed by atoms with E-state index in [2.05, 4.69) is 15.6 Å². The smallest absolute Gasteiger partial charge is 0.124 e. The summed E-state index contributed by atoms with van der Waals surface area (Å²) in [5, 5.41) is 7.18. The lowest BCUT2D eigenvalue weighted by atomic mass is 10.0. The van der Waals surface area contributed by atoms with Crippen LogP contribution in [0, 0.1) is 0 Å². The molecule has 0 amide bonds. The summed E-state index contributed by atoms with van der Waals surface area (Å²) in [6.45, 7) is 0. The molecule has 1 heterocycles. The average molecular weight is 238 g/mol. The second-order valence-corrected chi connectivity index (χ2v) is 3.83. The van der Waals surface area contributed by atoms with E-state index in [0.717, 1.165) is 11.1 Å². The Bertz CT molecular complexity index is 482. The van der Waals surface area contributed by atoms with Gasteiger partial charge < -0.3 is 5.73 Å². The third-order valence-electron chi connectivity index (χ3n) is 2.36. The molecule has 1 atom stereocenters. The van der Waals surface area contributed by atoms with Gasteiger partial charge in [0.2, 0.25) is 0 Å². The highest BCUT2D eigenvalue weighted by atomic mass is 35.5. The van der Waals surface area contributed by atoms with Crippen LogP contribution in [-0.2, 0) is 0 Å². The molecule has 0 saturated heterocycles. The van der Waals surface area contributed by atoms with E-state index in [4.69, 9.17) is 23.2 Å². The standard InChI is InChI=1S/C10H12ClN5/c11-7-3-1-2-6(4-7)9(15-13)8-5-14-16-10(8)12/h1-5,9,15H,13H2,(H3,12,14,16). The predicted molar refractivity (Wildman–Crippen MR) is 63.6 cm³/mol. The van der Waals surface area contributed by atoms with Gasteiger partial charge in [0.05, 0.1) is 12.2 Å². The second kappa shape index (κ2) is 4.52. The Balaban J connectivity index is 2.40. The number of nitrogens with two attached hydrogens (primary N) is 2. The number of hydrogen-bond donors (Lipinski definition) is 4. The van der Waals surface area contributed by atoms with Crippen molar-refractivity contribution in [3.8, 4) is 0 Å². The normalized spacial score (nSPS) is 12.6. The fraction of sp³-hybridized carbons (Fsp3) is 0.100. The van der Waals surface area contributed by atoms with Crippen LogP contribution < -0.4 is 17.0 Å². The Morgan fingerprint density at radius 1 is 1.44 bits per heavy atom. The number of hydrazine groups is 1. The molecule has 2 rings (SSSR count). The summed E-state index contributed by atoms with van der Waals surface area (Å²) in [6.07, 6.45) is 1.64. The summed E-state index contributed by atoms with van der Waals surface area (Å²) in [5.41, 5.74) is 10.2. The number of rotatable bonds is 3. The topological polar surface area (TPSA) is 92.7 Å². The van der Waals surface area contributed by atoms with Crippen molar-refractivity contribution in [2.75, 3.05) is 5.73 Å². The molecule has 0 spiro atoms. The zero-order chi connectivity index (χ0) is 11.5. The van der Waals surface area contributed by atoms with Crippen molar-refractivity contribution in [1.29, 1.82) is 0 Å². The molecule has 2 aromatic rings. The van der Waals surface area contributed by atoms with Crippen LogP contribution in [0.1, 0.15) is 17.2 Å². The molecule has 84 valence electrons. The van der Waals surface area contributed by atoms with Gasteiger partial charge in [-0.05, 0) is 17.7 Å². The van der Waals surface area contributed by atoms with Crippen LogP contribution in [0.5, 0.6) is 0 Å². The van der Waals surface area contributed by atoms with E-state index in [1.54, 1.807) is 12.3 Å². The molecule has 0 radical (unpaired) electrons. The average Bonchev–Trinajstić information content (AvgIpc) is 2.67. The molecule has 0 bridgehead atoms. The number of aromatic nitrogens is 2. The van der Waals surface area contributed by atoms with Crippen LogP contribution in [-0.4, -0.2) is 10.2 Å². The maximum absolute atomic E-state index is 5.92. The van der Waals surface area contributed by atoms with E-state index in [9.17, 15) is 0 Å². The molecule has 1 aromatic heterocycles. The van der Waals surface area contributed by atoms with Gasteiger partial charge in [-0.2, -0.15) is 5.10 Å². The number of benzene rings is 1. The Morgan fingerprint density at radius 3 is 2.81 bits per heavy atom. The Labute approximate surface area is 97.8 Å². The van der Waals surface area contributed by atoms with Crippen molar-refractivity contribution in [3.63, 3.8) is 0 Å². The number of aromatic amines is 1. The van der Waals surface area contributed by atoms with Gasteiger partial charge in [0, 0.05) is 10.6 Å². The number of H-pyrrole nitrogens is 1. The number of anilines is 1. The van der Waals surface area contributed by atoms with Gasteiger partial charge in [-0.15, -0.1) is 0 Å². The molecule has 0 aliphatic rings. The van der Waals surface area contributed by atoms with Crippen molar-refractivity contribution in [2.45, 2.75) is 6.04 Å². The molecule has 6 N–H and O–H groups in total. The maximum atomic E-state index is 5.92. The second-order valence-electron chi connectivity index (χ2n) is 3.39. The summed E-state index contributed by atoms with van der Waals surface area (Å²) in [7, 11) is 0. The van der Waals surface area contributed by atoms with E-state index in [1.807, 2.05) is 18.2 Å². The van der Waals surface area contributed by atoms with Gasteiger partial charge >= 0.3 is 0 Å². The van der Waals surface area contributed by atoms with Crippen molar-refractivity contribution in [3.05, 3.63) is 46.6 Å². The fourth-order valence-corrected chi connectivity index (χ4v) is 1.79. The monoisotopic (exact) mass is 237 g/mol. The van der Waals surface area contributed by atoms with Gasteiger partial charge in [0.1, 0.15) is 5.82 Å². The number of nitrogen functional groups attached to an aromatic ring is 1. The molecular weight excluding hydrogens is 226 g/mol. The minimum atomic E-state index is -0.225. The van der Waals surface area contributed by atoms with E-state index in [0.29, 0.717) is 10.8 Å². The quantitative estimate of drug-likeness (QED) is 0.477. The number of hydrogen-bond acceptors (Lipinski definition) is 4. The molecule has 5 nitrogen and oxygen atoms in total. The first-order chi connectivity index (χ1) is 7.72. The number of nitrogens with zero attached hydrogens (tertiary/aromatic N) is 1. The van der Waals surface area contributed by atoms with Gasteiger partial charge in [-0.25, -0.2) is 5.43 Å². The summed E-state index contributed by atoms with van der Waals surface area (Å²) >= 11 is 5.92. The van der Waals surface area contributed by atoms with Crippen molar-refractivity contribution in [1.82, 2.24) is 15.6 Å². The zero-order valence-corrected chi connectivity index (χ0v) is 9.20. The first-order valence-corrected chi connectivity index (χ1v) is 5.10. The third kappa shape index (κ3) is 2.01.